The molecule has 1 N–H and O–H groups in total. The van der Waals surface area contributed by atoms with Gasteiger partial charge in [-0.3, -0.25) is 9.59 Å². The van der Waals surface area contributed by atoms with Gasteiger partial charge >= 0.3 is 0 Å². The standard InChI is InChI=1S/C25H22ClNO4/c1-3-31-22-13-4-17(16-23(22)30-2)14-15-27-25(29)24(28)20-7-5-18(6-8-20)19-9-11-21(26)12-10-19/h3-13,16H,1,14-15H2,2H3,(H,27,29). The fraction of sp³-hybridized carbons (Fsp3) is 0.120. The minimum Gasteiger partial charge on any atom is -0.493 e. The fourth-order valence-electron chi connectivity index (χ4n) is 3.04. The largest absolute Gasteiger partial charge is 0.493 e. The monoisotopic (exact) mass is 435 g/mol. The minimum absolute atomic E-state index is 0.318. The second-order valence-corrected chi connectivity index (χ2v) is 7.13. The number of amides is 1. The SMILES string of the molecule is C=COc1ccc(CCNC(=O)C(=O)c2ccc(-c3ccc(Cl)cc3)cc2)cc1OC. The number of carbonyl (C=O) groups excluding carboxylic acids is 2. The highest BCUT2D eigenvalue weighted by Gasteiger charge is 2.16. The Balaban J connectivity index is 1.56. The second kappa shape index (κ2) is 10.5. The van der Waals surface area contributed by atoms with Crippen molar-refractivity contribution in [2.24, 2.45) is 0 Å². The molecule has 0 aliphatic heterocycles. The van der Waals surface area contributed by atoms with Gasteiger partial charge in [0, 0.05) is 17.1 Å². The lowest BCUT2D eigenvalue weighted by Crippen LogP contribution is -2.32. The maximum Gasteiger partial charge on any atom is 0.292 e. The van der Waals surface area contributed by atoms with Gasteiger partial charge in [0.05, 0.1) is 13.4 Å². The lowest BCUT2D eigenvalue weighted by molar-refractivity contribution is -0.116. The Hall–Kier alpha value is -3.57. The molecule has 3 aromatic rings. The number of rotatable bonds is 9. The predicted octanol–water partition coefficient (Wildman–Crippen LogP) is 5.08. The van der Waals surface area contributed by atoms with Crippen molar-refractivity contribution in [2.75, 3.05) is 13.7 Å². The molecular formula is C25H22ClNO4. The second-order valence-electron chi connectivity index (χ2n) is 6.69. The fourth-order valence-corrected chi connectivity index (χ4v) is 3.17. The number of halogens is 1. The van der Waals surface area contributed by atoms with Crippen LogP contribution in [0, 0.1) is 0 Å². The Morgan fingerprint density at radius 3 is 2.23 bits per heavy atom. The third-order valence-electron chi connectivity index (χ3n) is 4.67. The molecule has 6 heteroatoms. The molecule has 3 aromatic carbocycles. The molecule has 0 unspecified atom stereocenters. The van der Waals surface area contributed by atoms with Gasteiger partial charge < -0.3 is 14.8 Å². The quantitative estimate of drug-likeness (QED) is 0.289. The number of carbonyl (C=O) groups is 2. The highest BCUT2D eigenvalue weighted by atomic mass is 35.5. The van der Waals surface area contributed by atoms with Crippen LogP contribution in [0.2, 0.25) is 5.02 Å². The van der Waals surface area contributed by atoms with Crippen LogP contribution in [0.15, 0.2) is 79.6 Å². The van der Waals surface area contributed by atoms with Crippen LogP contribution >= 0.6 is 11.6 Å². The number of hydrogen-bond acceptors (Lipinski definition) is 4. The van der Waals surface area contributed by atoms with Crippen LogP contribution in [-0.2, 0) is 11.2 Å². The average Bonchev–Trinajstić information content (AvgIpc) is 2.80. The Bertz CT molecular complexity index is 1080. The summed E-state index contributed by atoms with van der Waals surface area (Å²) in [4.78, 5) is 24.7. The molecule has 31 heavy (non-hydrogen) atoms. The van der Waals surface area contributed by atoms with E-state index >= 15 is 0 Å². The van der Waals surface area contributed by atoms with E-state index in [1.165, 1.54) is 6.26 Å². The summed E-state index contributed by atoms with van der Waals surface area (Å²) in [7, 11) is 1.55. The van der Waals surface area contributed by atoms with E-state index in [4.69, 9.17) is 21.1 Å². The number of Topliss-reactive ketones (excluding diaryl/α,β-unsaturated/α-hetero) is 1. The number of ketones is 1. The summed E-state index contributed by atoms with van der Waals surface area (Å²) in [5, 5.41) is 3.33. The Labute approximate surface area is 186 Å². The van der Waals surface area contributed by atoms with E-state index in [0.29, 0.717) is 35.1 Å². The number of benzene rings is 3. The molecular weight excluding hydrogens is 414 g/mol. The van der Waals surface area contributed by atoms with E-state index < -0.39 is 11.7 Å². The minimum atomic E-state index is -0.641. The molecule has 0 fully saturated rings. The van der Waals surface area contributed by atoms with Gasteiger partial charge in [-0.15, -0.1) is 0 Å². The van der Waals surface area contributed by atoms with Crippen molar-refractivity contribution in [2.45, 2.75) is 6.42 Å². The first-order chi connectivity index (χ1) is 15.0. The number of ether oxygens (including phenoxy) is 2. The van der Waals surface area contributed by atoms with Gasteiger partial charge in [0.25, 0.3) is 5.91 Å². The van der Waals surface area contributed by atoms with Crippen molar-refractivity contribution in [1.29, 1.82) is 0 Å². The summed E-state index contributed by atoms with van der Waals surface area (Å²) in [6, 6.07) is 19.8. The van der Waals surface area contributed by atoms with Crippen LogP contribution in [0.3, 0.4) is 0 Å². The van der Waals surface area contributed by atoms with Gasteiger partial charge in [0.1, 0.15) is 0 Å². The lowest BCUT2D eigenvalue weighted by atomic mass is 10.0. The summed E-state index contributed by atoms with van der Waals surface area (Å²) < 4.78 is 10.6. The number of nitrogens with one attached hydrogen (secondary N) is 1. The third-order valence-corrected chi connectivity index (χ3v) is 4.92. The van der Waals surface area contributed by atoms with Crippen LogP contribution in [0.5, 0.6) is 11.5 Å². The summed E-state index contributed by atoms with van der Waals surface area (Å²) in [5.74, 6) is -0.0872. The van der Waals surface area contributed by atoms with E-state index in [-0.39, 0.29) is 0 Å². The van der Waals surface area contributed by atoms with Crippen molar-refractivity contribution < 1.29 is 19.1 Å². The van der Waals surface area contributed by atoms with Crippen molar-refractivity contribution in [1.82, 2.24) is 5.32 Å². The average molecular weight is 436 g/mol. The Morgan fingerprint density at radius 2 is 1.61 bits per heavy atom. The van der Waals surface area contributed by atoms with Gasteiger partial charge in [0.2, 0.25) is 5.78 Å². The molecule has 0 spiro atoms. The molecule has 0 bridgehead atoms. The van der Waals surface area contributed by atoms with Gasteiger partial charge in [-0.05, 0) is 47.4 Å². The molecule has 158 valence electrons. The molecule has 0 atom stereocenters. The van der Waals surface area contributed by atoms with Gasteiger partial charge in [0.15, 0.2) is 11.5 Å². The third kappa shape index (κ3) is 5.74. The van der Waals surface area contributed by atoms with Gasteiger partial charge in [-0.25, -0.2) is 0 Å². The first-order valence-electron chi connectivity index (χ1n) is 9.65. The van der Waals surface area contributed by atoms with E-state index in [1.807, 2.05) is 36.4 Å². The van der Waals surface area contributed by atoms with Crippen molar-refractivity contribution in [3.05, 3.63) is 95.7 Å². The highest BCUT2D eigenvalue weighted by molar-refractivity contribution is 6.42. The van der Waals surface area contributed by atoms with Crippen molar-refractivity contribution in [3.63, 3.8) is 0 Å². The summed E-state index contributed by atoms with van der Waals surface area (Å²) in [6.07, 6.45) is 1.87. The Morgan fingerprint density at radius 1 is 0.968 bits per heavy atom. The molecule has 0 aromatic heterocycles. The summed E-state index contributed by atoms with van der Waals surface area (Å²) in [6.45, 7) is 3.84. The molecule has 0 aliphatic carbocycles. The normalized spacial score (nSPS) is 10.3. The highest BCUT2D eigenvalue weighted by Crippen LogP contribution is 2.28. The maximum absolute atomic E-state index is 12.4. The van der Waals surface area contributed by atoms with Crippen LogP contribution in [-0.4, -0.2) is 25.3 Å². The molecule has 3 rings (SSSR count). The molecule has 0 saturated carbocycles. The van der Waals surface area contributed by atoms with Gasteiger partial charge in [-0.1, -0.05) is 60.6 Å². The van der Waals surface area contributed by atoms with Crippen LogP contribution in [0.25, 0.3) is 11.1 Å². The van der Waals surface area contributed by atoms with Gasteiger partial charge in [-0.2, -0.15) is 0 Å². The topological polar surface area (TPSA) is 64.6 Å². The van der Waals surface area contributed by atoms with E-state index in [9.17, 15) is 9.59 Å². The Kier molecular flexibility index (Phi) is 7.46. The predicted molar refractivity (Wildman–Crippen MR) is 122 cm³/mol. The van der Waals surface area contributed by atoms with E-state index in [0.717, 1.165) is 16.7 Å². The van der Waals surface area contributed by atoms with Crippen molar-refractivity contribution >= 4 is 23.3 Å². The van der Waals surface area contributed by atoms with E-state index in [1.54, 1.807) is 37.4 Å². The molecule has 0 heterocycles. The molecule has 1 amide bonds. The molecule has 0 aliphatic rings. The zero-order valence-corrected chi connectivity index (χ0v) is 17.8. The van der Waals surface area contributed by atoms with Crippen molar-refractivity contribution in [3.8, 4) is 22.6 Å². The summed E-state index contributed by atoms with van der Waals surface area (Å²) >= 11 is 5.91. The summed E-state index contributed by atoms with van der Waals surface area (Å²) in [5.41, 5.74) is 3.19. The first-order valence-corrected chi connectivity index (χ1v) is 10.0. The lowest BCUT2D eigenvalue weighted by Gasteiger charge is -2.10. The zero-order valence-electron chi connectivity index (χ0n) is 17.1. The molecule has 5 nitrogen and oxygen atoms in total. The van der Waals surface area contributed by atoms with E-state index in [2.05, 4.69) is 11.9 Å². The number of methoxy groups -OCH3 is 1. The zero-order chi connectivity index (χ0) is 22.2. The molecule has 0 radical (unpaired) electrons. The van der Waals surface area contributed by atoms with Crippen LogP contribution in [0.4, 0.5) is 0 Å². The first kappa shape index (κ1) is 22.1. The van der Waals surface area contributed by atoms with Crippen LogP contribution < -0.4 is 14.8 Å². The van der Waals surface area contributed by atoms with Crippen LogP contribution in [0.1, 0.15) is 15.9 Å². The molecule has 0 saturated heterocycles. The smallest absolute Gasteiger partial charge is 0.292 e. The number of hydrogen-bond donors (Lipinski definition) is 1. The maximum atomic E-state index is 12.4.